The number of aliphatic imine (C=N–C) groups is 1. The molecule has 3 nitrogen and oxygen atoms in total. The molecule has 0 N–H and O–H groups in total. The molecule has 1 amide bonds. The first-order valence-electron chi connectivity index (χ1n) is 9.85. The van der Waals surface area contributed by atoms with Gasteiger partial charge in [-0.1, -0.05) is 103 Å². The highest BCUT2D eigenvalue weighted by atomic mass is 32.2. The number of thioether (sulfide) groups is 1. The van der Waals surface area contributed by atoms with Gasteiger partial charge in [-0.25, -0.2) is 0 Å². The summed E-state index contributed by atoms with van der Waals surface area (Å²) in [7, 11) is 0. The maximum Gasteiger partial charge on any atom is 0.267 e. The molecule has 148 valence electrons. The van der Waals surface area contributed by atoms with Gasteiger partial charge in [0.15, 0.2) is 5.17 Å². The van der Waals surface area contributed by atoms with Gasteiger partial charge < -0.3 is 0 Å². The second-order valence-corrected chi connectivity index (χ2v) is 7.87. The molecule has 4 heteroatoms. The van der Waals surface area contributed by atoms with Crippen LogP contribution in [0.15, 0.2) is 113 Å². The van der Waals surface area contributed by atoms with Crippen LogP contribution in [0.4, 0.5) is 0 Å². The van der Waals surface area contributed by atoms with Gasteiger partial charge >= 0.3 is 0 Å². The lowest BCUT2D eigenvalue weighted by Gasteiger charge is -2.15. The molecule has 0 radical (unpaired) electrons. The summed E-state index contributed by atoms with van der Waals surface area (Å²) in [6, 6.07) is 30.2. The number of rotatable bonds is 6. The van der Waals surface area contributed by atoms with Gasteiger partial charge in [0.1, 0.15) is 0 Å². The van der Waals surface area contributed by atoms with Crippen LogP contribution >= 0.6 is 11.8 Å². The van der Waals surface area contributed by atoms with Crippen molar-refractivity contribution in [2.24, 2.45) is 4.99 Å². The van der Waals surface area contributed by atoms with Crippen LogP contribution in [0.5, 0.6) is 0 Å². The number of benzene rings is 3. The van der Waals surface area contributed by atoms with E-state index in [0.717, 1.165) is 21.9 Å². The van der Waals surface area contributed by atoms with E-state index in [9.17, 15) is 4.79 Å². The third-order valence-electron chi connectivity index (χ3n) is 4.65. The normalized spacial score (nSPS) is 16.8. The van der Waals surface area contributed by atoms with Crippen LogP contribution in [-0.4, -0.2) is 16.0 Å². The minimum Gasteiger partial charge on any atom is -0.282 e. The van der Waals surface area contributed by atoms with Crippen molar-refractivity contribution in [3.05, 3.63) is 125 Å². The first-order valence-corrected chi connectivity index (χ1v) is 10.7. The summed E-state index contributed by atoms with van der Waals surface area (Å²) in [6.07, 6.45) is 5.81. The van der Waals surface area contributed by atoms with E-state index >= 15 is 0 Å². The summed E-state index contributed by atoms with van der Waals surface area (Å²) in [6.45, 7) is 1.06. The minimum absolute atomic E-state index is 0.00613. The maximum absolute atomic E-state index is 13.1. The lowest BCUT2D eigenvalue weighted by atomic mass is 10.2. The van der Waals surface area contributed by atoms with Crippen molar-refractivity contribution in [1.29, 1.82) is 0 Å². The number of amides is 1. The third kappa shape index (κ3) is 5.16. The van der Waals surface area contributed by atoms with E-state index in [0.29, 0.717) is 18.0 Å². The summed E-state index contributed by atoms with van der Waals surface area (Å²) in [5, 5.41) is 0.743. The predicted octanol–water partition coefficient (Wildman–Crippen LogP) is 5.92. The molecule has 0 aromatic heterocycles. The number of carbonyl (C=O) groups is 1. The average molecular weight is 411 g/mol. The second kappa shape index (κ2) is 9.90. The van der Waals surface area contributed by atoms with Crippen LogP contribution < -0.4 is 0 Å². The van der Waals surface area contributed by atoms with E-state index in [4.69, 9.17) is 4.99 Å². The Hall–Kier alpha value is -3.37. The molecule has 1 aliphatic heterocycles. The monoisotopic (exact) mass is 410 g/mol. The third-order valence-corrected chi connectivity index (χ3v) is 5.71. The fourth-order valence-corrected chi connectivity index (χ4v) is 4.03. The molecule has 1 saturated heterocycles. The van der Waals surface area contributed by atoms with E-state index in [1.54, 1.807) is 4.90 Å². The van der Waals surface area contributed by atoms with Gasteiger partial charge in [0.2, 0.25) is 0 Å². The summed E-state index contributed by atoms with van der Waals surface area (Å²) >= 11 is 1.44. The minimum atomic E-state index is -0.00613. The molecule has 1 aliphatic rings. The topological polar surface area (TPSA) is 32.7 Å². The largest absolute Gasteiger partial charge is 0.282 e. The summed E-state index contributed by atoms with van der Waals surface area (Å²) in [5.41, 5.74) is 3.31. The molecule has 3 aromatic rings. The molecule has 1 fully saturated rings. The molecule has 4 rings (SSSR count). The molecule has 30 heavy (non-hydrogen) atoms. The van der Waals surface area contributed by atoms with Crippen LogP contribution in [0.2, 0.25) is 0 Å². The molecular weight excluding hydrogens is 388 g/mol. The molecule has 0 bridgehead atoms. The van der Waals surface area contributed by atoms with E-state index in [1.807, 2.05) is 109 Å². The fraction of sp³-hybridized carbons (Fsp3) is 0.0769. The van der Waals surface area contributed by atoms with Crippen LogP contribution in [0.1, 0.15) is 16.7 Å². The zero-order valence-electron chi connectivity index (χ0n) is 16.5. The van der Waals surface area contributed by atoms with Gasteiger partial charge in [0, 0.05) is 0 Å². The number of hydrogen-bond acceptors (Lipinski definition) is 3. The van der Waals surface area contributed by atoms with Crippen molar-refractivity contribution in [2.75, 3.05) is 0 Å². The second-order valence-electron chi connectivity index (χ2n) is 6.86. The van der Waals surface area contributed by atoms with E-state index < -0.39 is 0 Å². The predicted molar refractivity (Wildman–Crippen MR) is 126 cm³/mol. The quantitative estimate of drug-likeness (QED) is 0.473. The molecule has 1 heterocycles. The molecule has 3 aromatic carbocycles. The molecular formula is C26H22N2OS. The lowest BCUT2D eigenvalue weighted by Crippen LogP contribution is -2.28. The van der Waals surface area contributed by atoms with Crippen molar-refractivity contribution in [3.63, 3.8) is 0 Å². The fourth-order valence-electron chi connectivity index (χ4n) is 3.10. The first kappa shape index (κ1) is 19.9. The van der Waals surface area contributed by atoms with Gasteiger partial charge in [-0.2, -0.15) is 0 Å². The van der Waals surface area contributed by atoms with Gasteiger partial charge in [-0.3, -0.25) is 14.7 Å². The van der Waals surface area contributed by atoms with Crippen LogP contribution in [0, 0.1) is 0 Å². The number of allylic oxidation sites excluding steroid dienone is 2. The van der Waals surface area contributed by atoms with Gasteiger partial charge in [0.05, 0.1) is 18.0 Å². The van der Waals surface area contributed by atoms with Crippen molar-refractivity contribution < 1.29 is 4.79 Å². The Balaban J connectivity index is 1.56. The smallest absolute Gasteiger partial charge is 0.267 e. The molecule has 0 spiro atoms. The van der Waals surface area contributed by atoms with Crippen molar-refractivity contribution in [1.82, 2.24) is 4.90 Å². The highest BCUT2D eigenvalue weighted by Crippen LogP contribution is 2.32. The van der Waals surface area contributed by atoms with Gasteiger partial charge in [0.25, 0.3) is 5.91 Å². The number of carbonyl (C=O) groups excluding carboxylic acids is 1. The van der Waals surface area contributed by atoms with Gasteiger partial charge in [-0.05, 0) is 34.5 Å². The summed E-state index contributed by atoms with van der Waals surface area (Å²) in [5.74, 6) is -0.00613. The molecule has 0 atom stereocenters. The zero-order chi connectivity index (χ0) is 20.6. The standard InChI is InChI=1S/C26H22N2OS/c29-25-24(18-10-17-21-11-4-1-5-12-21)30-26(27-19-22-13-6-2-7-14-22)28(25)20-23-15-8-3-9-16-23/h1-18H,19-20H2/b17-10+,24-18+,27-26?. The van der Waals surface area contributed by atoms with Gasteiger partial charge in [-0.15, -0.1) is 0 Å². The summed E-state index contributed by atoms with van der Waals surface area (Å²) in [4.78, 5) is 20.3. The highest BCUT2D eigenvalue weighted by molar-refractivity contribution is 8.18. The Kier molecular flexibility index (Phi) is 6.58. The van der Waals surface area contributed by atoms with Crippen molar-refractivity contribution >= 4 is 28.9 Å². The summed E-state index contributed by atoms with van der Waals surface area (Å²) < 4.78 is 0. The average Bonchev–Trinajstić information content (AvgIpc) is 3.09. The van der Waals surface area contributed by atoms with E-state index in [-0.39, 0.29) is 5.91 Å². The lowest BCUT2D eigenvalue weighted by molar-refractivity contribution is -0.122. The maximum atomic E-state index is 13.1. The number of amidine groups is 1. The Labute approximate surface area is 181 Å². The van der Waals surface area contributed by atoms with Crippen LogP contribution in [0.25, 0.3) is 6.08 Å². The van der Waals surface area contributed by atoms with Crippen molar-refractivity contribution in [3.8, 4) is 0 Å². The molecule has 0 aliphatic carbocycles. The number of hydrogen-bond donors (Lipinski definition) is 0. The number of nitrogens with zero attached hydrogens (tertiary/aromatic N) is 2. The Morgan fingerprint density at radius 2 is 1.40 bits per heavy atom. The van der Waals surface area contributed by atoms with E-state index in [1.165, 1.54) is 11.8 Å². The molecule has 0 saturated carbocycles. The highest BCUT2D eigenvalue weighted by Gasteiger charge is 2.32. The Morgan fingerprint density at radius 3 is 2.07 bits per heavy atom. The Morgan fingerprint density at radius 1 is 0.800 bits per heavy atom. The van der Waals surface area contributed by atoms with Crippen LogP contribution in [-0.2, 0) is 17.9 Å². The Bertz CT molecular complexity index is 1070. The molecule has 0 unspecified atom stereocenters. The zero-order valence-corrected chi connectivity index (χ0v) is 17.3. The first-order chi connectivity index (χ1) is 14.8. The van der Waals surface area contributed by atoms with Crippen molar-refractivity contribution in [2.45, 2.75) is 13.1 Å². The van der Waals surface area contributed by atoms with Crippen LogP contribution in [0.3, 0.4) is 0 Å². The van der Waals surface area contributed by atoms with E-state index in [2.05, 4.69) is 0 Å². The SMILES string of the molecule is O=C1/C(=C\C=C\c2ccccc2)SC(=NCc2ccccc2)N1Cc1ccccc1.